The summed E-state index contributed by atoms with van der Waals surface area (Å²) in [7, 11) is 0. The number of nitrogens with zero attached hydrogens (tertiary/aromatic N) is 2. The van der Waals surface area contributed by atoms with E-state index in [-0.39, 0.29) is 11.5 Å². The first kappa shape index (κ1) is 38.3. The topological polar surface area (TPSA) is 6.25 Å². The molecule has 1 aromatic heterocycles. The Balaban J connectivity index is 1.06. The molecule has 3 heteroatoms. The molecule has 68 heavy (non-hydrogen) atoms. The highest BCUT2D eigenvalue weighted by molar-refractivity contribution is 7.25. The summed E-state index contributed by atoms with van der Waals surface area (Å²) < 4.78 is 4.90. The molecule has 1 atom stereocenters. The predicted octanol–water partition coefficient (Wildman–Crippen LogP) is 16.9. The van der Waals surface area contributed by atoms with E-state index < -0.39 is 5.41 Å². The Kier molecular flexibility index (Phi) is 7.55. The minimum Gasteiger partial charge on any atom is -0.310 e. The molecule has 10 aromatic rings. The zero-order chi connectivity index (χ0) is 45.2. The molecule has 0 amide bonds. The number of benzene rings is 9. The zero-order valence-electron chi connectivity index (χ0n) is 38.1. The van der Waals surface area contributed by atoms with Crippen LogP contribution in [-0.4, -0.2) is 11.3 Å². The third-order valence-electron chi connectivity index (χ3n) is 16.2. The number of fused-ring (bicyclic) bond motifs is 16. The van der Waals surface area contributed by atoms with Crippen molar-refractivity contribution in [3.05, 3.63) is 250 Å². The van der Waals surface area contributed by atoms with Gasteiger partial charge < -0.3 is 4.90 Å². The highest BCUT2D eigenvalue weighted by Crippen LogP contribution is 2.66. The minimum absolute atomic E-state index is 0.0390. The van der Waals surface area contributed by atoms with Gasteiger partial charge >= 0.3 is 0 Å². The summed E-state index contributed by atoms with van der Waals surface area (Å²) in [6.07, 6.45) is 6.56. The molecule has 1 unspecified atom stereocenters. The van der Waals surface area contributed by atoms with Gasteiger partial charge in [-0.25, -0.2) is 0 Å². The number of rotatable bonds is 4. The SMILES string of the molecule is C=[N+]1/C(=C\C=C/C)c2cccc3c2-c2c4c(cc(N(c5ccc6c(c5)-c5ccccc5C65c6ccccc6-c6ccccc65)c5ccc6c(c5)sc5ccccc56)c2C3(C)C)-c2ccccc2C41. The average Bonchev–Trinajstić information content (AvgIpc) is 4.12. The molecule has 0 saturated heterocycles. The second-order valence-electron chi connectivity index (χ2n) is 19.7. The fourth-order valence-electron chi connectivity index (χ4n) is 13.6. The molecule has 2 nitrogen and oxygen atoms in total. The maximum atomic E-state index is 4.89. The molecule has 0 fully saturated rings. The van der Waals surface area contributed by atoms with Gasteiger partial charge in [-0.2, -0.15) is 4.58 Å². The molecule has 2 heterocycles. The molecule has 0 saturated carbocycles. The van der Waals surface area contributed by atoms with Crippen LogP contribution in [0, 0.1) is 0 Å². The van der Waals surface area contributed by atoms with Gasteiger partial charge in [0.15, 0.2) is 0 Å². The zero-order valence-corrected chi connectivity index (χ0v) is 39.0. The molecule has 1 spiro atoms. The van der Waals surface area contributed by atoms with Gasteiger partial charge in [0.1, 0.15) is 6.72 Å². The summed E-state index contributed by atoms with van der Waals surface area (Å²) in [6.45, 7) is 11.9. The second-order valence-corrected chi connectivity index (χ2v) is 20.8. The van der Waals surface area contributed by atoms with Crippen LogP contribution in [0.4, 0.5) is 17.1 Å². The Morgan fingerprint density at radius 3 is 1.87 bits per heavy atom. The van der Waals surface area contributed by atoms with E-state index in [2.05, 4.69) is 230 Å². The first-order valence-corrected chi connectivity index (χ1v) is 24.7. The van der Waals surface area contributed by atoms with Gasteiger partial charge in [-0.05, 0) is 122 Å². The monoisotopic (exact) mass is 885 g/mol. The van der Waals surface area contributed by atoms with Gasteiger partial charge in [0, 0.05) is 59.7 Å². The lowest BCUT2D eigenvalue weighted by molar-refractivity contribution is -0.460. The first-order valence-electron chi connectivity index (χ1n) is 23.9. The minimum atomic E-state index is -0.417. The predicted molar refractivity (Wildman–Crippen MR) is 285 cm³/mol. The Hall–Kier alpha value is -7.85. The van der Waals surface area contributed by atoms with Gasteiger partial charge in [-0.1, -0.05) is 166 Å². The Bertz CT molecular complexity index is 3960. The van der Waals surface area contributed by atoms with Crippen molar-refractivity contribution in [2.45, 2.75) is 37.6 Å². The quantitative estimate of drug-likeness (QED) is 0.160. The lowest BCUT2D eigenvalue weighted by atomic mass is 9.70. The molecular formula is C65H45N2S+. The molecule has 1 aliphatic heterocycles. The van der Waals surface area contributed by atoms with Crippen molar-refractivity contribution < 1.29 is 4.58 Å². The molecule has 0 N–H and O–H groups in total. The molecule has 5 aliphatic rings. The summed E-state index contributed by atoms with van der Waals surface area (Å²) in [5, 5.41) is 2.61. The van der Waals surface area contributed by atoms with E-state index in [0.717, 1.165) is 17.1 Å². The van der Waals surface area contributed by atoms with Crippen LogP contribution in [0.5, 0.6) is 0 Å². The van der Waals surface area contributed by atoms with E-state index in [1.54, 1.807) is 0 Å². The van der Waals surface area contributed by atoms with Crippen molar-refractivity contribution in [3.8, 4) is 44.5 Å². The van der Waals surface area contributed by atoms with Crippen LogP contribution < -0.4 is 4.90 Å². The van der Waals surface area contributed by atoms with Crippen LogP contribution in [0.25, 0.3) is 70.4 Å². The lowest BCUT2D eigenvalue weighted by Crippen LogP contribution is -2.26. The largest absolute Gasteiger partial charge is 0.310 e. The van der Waals surface area contributed by atoms with Crippen molar-refractivity contribution in [2.75, 3.05) is 4.90 Å². The number of anilines is 3. The normalized spacial score (nSPS) is 17.1. The highest BCUT2D eigenvalue weighted by atomic mass is 32.1. The Morgan fingerprint density at radius 1 is 0.529 bits per heavy atom. The standard InChI is InChI=1S/C65H45N2S/c1-5-6-29-55-47-24-17-28-54-59(47)61-60-49(40-18-7-8-23-46(40)63(60)66(55)4)37-56(62(61)64(54,2)3)67(39-31-33-45-44-22-12-16-30-57(44)68-58(45)36-39)38-32-34-53-48(35-38)43-21-11-15-27-52(43)65(53)50-25-13-9-19-41(50)42-20-10-14-26-51(42)65/h5-37,63H,4H2,1-3H3/q+1/b6-5-,55-29-. The molecule has 9 aromatic carbocycles. The van der Waals surface area contributed by atoms with E-state index in [1.807, 2.05) is 11.3 Å². The maximum Gasteiger partial charge on any atom is 0.213 e. The molecule has 4 aliphatic carbocycles. The fourth-order valence-corrected chi connectivity index (χ4v) is 14.7. The fraction of sp³-hybridized carbons (Fsp3) is 0.0923. The molecular weight excluding hydrogens is 841 g/mol. The van der Waals surface area contributed by atoms with E-state index in [9.17, 15) is 0 Å². The van der Waals surface area contributed by atoms with E-state index in [1.165, 1.54) is 120 Å². The van der Waals surface area contributed by atoms with Crippen molar-refractivity contribution >= 4 is 61.0 Å². The third-order valence-corrected chi connectivity index (χ3v) is 17.4. The summed E-state index contributed by atoms with van der Waals surface area (Å²) in [5.41, 5.74) is 26.5. The molecule has 0 bridgehead atoms. The first-order chi connectivity index (χ1) is 33.4. The van der Waals surface area contributed by atoms with Gasteiger partial charge in [0.25, 0.3) is 0 Å². The summed E-state index contributed by atoms with van der Waals surface area (Å²) in [5.74, 6) is 0. The van der Waals surface area contributed by atoms with Gasteiger partial charge in [-0.15, -0.1) is 11.3 Å². The van der Waals surface area contributed by atoms with Gasteiger partial charge in [0.05, 0.1) is 16.7 Å². The average molecular weight is 886 g/mol. The van der Waals surface area contributed by atoms with E-state index in [0.29, 0.717) is 0 Å². The smallest absolute Gasteiger partial charge is 0.213 e. The second kappa shape index (κ2) is 13.4. The number of hydrogen-bond donors (Lipinski definition) is 0. The Morgan fingerprint density at radius 2 is 1.12 bits per heavy atom. The van der Waals surface area contributed by atoms with E-state index >= 15 is 0 Å². The van der Waals surface area contributed by atoms with Crippen molar-refractivity contribution in [2.24, 2.45) is 0 Å². The van der Waals surface area contributed by atoms with Crippen LogP contribution in [0.15, 0.2) is 200 Å². The van der Waals surface area contributed by atoms with Crippen molar-refractivity contribution in [3.63, 3.8) is 0 Å². The van der Waals surface area contributed by atoms with Crippen LogP contribution in [0.1, 0.15) is 76.9 Å². The van der Waals surface area contributed by atoms with Crippen molar-refractivity contribution in [1.82, 2.24) is 0 Å². The lowest BCUT2D eigenvalue weighted by Gasteiger charge is -2.34. The molecule has 0 radical (unpaired) electrons. The molecule has 320 valence electrons. The molecule has 15 rings (SSSR count). The third kappa shape index (κ3) is 4.60. The summed E-state index contributed by atoms with van der Waals surface area (Å²) in [6, 6.07) is 69.4. The van der Waals surface area contributed by atoms with Crippen LogP contribution in [0.2, 0.25) is 0 Å². The Labute approximate surface area is 400 Å². The highest BCUT2D eigenvalue weighted by Gasteiger charge is 2.53. The summed E-state index contributed by atoms with van der Waals surface area (Å²) >= 11 is 1.89. The van der Waals surface area contributed by atoms with Gasteiger partial charge in [0.2, 0.25) is 11.7 Å². The number of allylic oxidation sites excluding steroid dienone is 3. The van der Waals surface area contributed by atoms with Crippen LogP contribution in [-0.2, 0) is 10.8 Å². The number of hydrogen-bond acceptors (Lipinski definition) is 2. The maximum absolute atomic E-state index is 4.89. The van der Waals surface area contributed by atoms with E-state index in [4.69, 9.17) is 6.72 Å². The number of thiophene rings is 1. The van der Waals surface area contributed by atoms with Crippen molar-refractivity contribution in [1.29, 1.82) is 0 Å². The summed E-state index contributed by atoms with van der Waals surface area (Å²) in [4.78, 5) is 2.62. The van der Waals surface area contributed by atoms with Crippen LogP contribution in [0.3, 0.4) is 0 Å². The van der Waals surface area contributed by atoms with Gasteiger partial charge in [-0.3, -0.25) is 0 Å². The van der Waals surface area contributed by atoms with Crippen LogP contribution >= 0.6 is 11.3 Å².